The molecule has 0 spiro atoms. The molecule has 3 aromatic heterocycles. The van der Waals surface area contributed by atoms with Gasteiger partial charge in [0, 0.05) is 33.4 Å². The highest BCUT2D eigenvalue weighted by Crippen LogP contribution is 2.32. The highest BCUT2D eigenvalue weighted by molar-refractivity contribution is 7.19. The normalized spacial score (nSPS) is 11.2. The van der Waals surface area contributed by atoms with E-state index in [2.05, 4.69) is 10.3 Å². The highest BCUT2D eigenvalue weighted by atomic mass is 35.5. The van der Waals surface area contributed by atoms with Crippen molar-refractivity contribution in [2.75, 3.05) is 0 Å². The van der Waals surface area contributed by atoms with Crippen LogP contribution in [0, 0.1) is 0 Å². The van der Waals surface area contributed by atoms with Crippen LogP contribution >= 0.6 is 46.1 Å². The zero-order chi connectivity index (χ0) is 17.4. The molecule has 0 aliphatic rings. The molecule has 0 atom stereocenters. The summed E-state index contributed by atoms with van der Waals surface area (Å²) in [7, 11) is 0. The first-order valence-electron chi connectivity index (χ1n) is 7.28. The lowest BCUT2D eigenvalue weighted by Gasteiger charge is -2.01. The molecule has 4 rings (SSSR count). The lowest BCUT2D eigenvalue weighted by atomic mass is 10.1. The quantitative estimate of drug-likeness (QED) is 0.398. The van der Waals surface area contributed by atoms with Crippen molar-refractivity contribution in [3.05, 3.63) is 68.9 Å². The van der Waals surface area contributed by atoms with E-state index in [-0.39, 0.29) is 0 Å². The molecule has 1 aromatic carbocycles. The Morgan fingerprint density at radius 1 is 1.08 bits per heavy atom. The Morgan fingerprint density at radius 3 is 2.72 bits per heavy atom. The first-order valence-corrected chi connectivity index (χ1v) is 9.23. The molecular formula is C17H10Cl3N3OS. The van der Waals surface area contributed by atoms with Gasteiger partial charge in [0.2, 0.25) is 0 Å². The van der Waals surface area contributed by atoms with Gasteiger partial charge in [-0.15, -0.1) is 11.3 Å². The SMILES string of the molecule is Clc1ccc(-c2cnn(Cc3cc(-c4ccc(Cl)s4)on3)c2)c(Cl)c1. The van der Waals surface area contributed by atoms with Crippen molar-refractivity contribution in [2.24, 2.45) is 0 Å². The van der Waals surface area contributed by atoms with Gasteiger partial charge in [-0.25, -0.2) is 0 Å². The summed E-state index contributed by atoms with van der Waals surface area (Å²) in [5.41, 5.74) is 2.57. The third kappa shape index (κ3) is 3.60. The summed E-state index contributed by atoms with van der Waals surface area (Å²) in [6.45, 7) is 0.494. The Labute approximate surface area is 162 Å². The molecule has 0 radical (unpaired) electrons. The molecule has 0 aliphatic carbocycles. The molecule has 0 aliphatic heterocycles. The predicted octanol–water partition coefficient (Wildman–Crippen LogP) is 6.28. The van der Waals surface area contributed by atoms with Gasteiger partial charge in [0.1, 0.15) is 5.69 Å². The molecule has 126 valence electrons. The number of hydrogen-bond donors (Lipinski definition) is 0. The van der Waals surface area contributed by atoms with E-state index in [1.807, 2.05) is 30.5 Å². The van der Waals surface area contributed by atoms with E-state index in [4.69, 9.17) is 39.3 Å². The van der Waals surface area contributed by atoms with E-state index in [1.54, 1.807) is 23.0 Å². The minimum Gasteiger partial charge on any atom is -0.355 e. The first-order chi connectivity index (χ1) is 12.1. The van der Waals surface area contributed by atoms with E-state index < -0.39 is 0 Å². The molecule has 4 nitrogen and oxygen atoms in total. The Kier molecular flexibility index (Phi) is 4.56. The van der Waals surface area contributed by atoms with Gasteiger partial charge < -0.3 is 4.52 Å². The van der Waals surface area contributed by atoms with E-state index in [9.17, 15) is 0 Å². The zero-order valence-electron chi connectivity index (χ0n) is 12.6. The second-order valence-electron chi connectivity index (χ2n) is 5.34. The lowest BCUT2D eigenvalue weighted by molar-refractivity contribution is 0.420. The summed E-state index contributed by atoms with van der Waals surface area (Å²) in [4.78, 5) is 0.942. The van der Waals surface area contributed by atoms with Crippen molar-refractivity contribution in [1.82, 2.24) is 14.9 Å². The summed E-state index contributed by atoms with van der Waals surface area (Å²) in [6, 6.07) is 11.0. The average Bonchev–Trinajstić information content (AvgIpc) is 3.29. The van der Waals surface area contributed by atoms with Crippen LogP contribution < -0.4 is 0 Å². The number of aromatic nitrogens is 3. The second kappa shape index (κ2) is 6.84. The molecule has 3 heterocycles. The van der Waals surface area contributed by atoms with Crippen molar-refractivity contribution in [3.63, 3.8) is 0 Å². The van der Waals surface area contributed by atoms with E-state index >= 15 is 0 Å². The van der Waals surface area contributed by atoms with E-state index in [0.29, 0.717) is 26.7 Å². The number of hydrogen-bond acceptors (Lipinski definition) is 4. The third-order valence-corrected chi connectivity index (χ3v) is 5.37. The number of benzene rings is 1. The van der Waals surface area contributed by atoms with Crippen LogP contribution in [0.5, 0.6) is 0 Å². The molecule has 8 heteroatoms. The fourth-order valence-electron chi connectivity index (χ4n) is 2.43. The van der Waals surface area contributed by atoms with Gasteiger partial charge in [0.05, 0.1) is 22.0 Å². The topological polar surface area (TPSA) is 43.9 Å². The molecule has 0 unspecified atom stereocenters. The zero-order valence-corrected chi connectivity index (χ0v) is 15.7. The first kappa shape index (κ1) is 16.7. The Morgan fingerprint density at radius 2 is 1.96 bits per heavy atom. The molecule has 4 aromatic rings. The second-order valence-corrected chi connectivity index (χ2v) is 7.90. The van der Waals surface area contributed by atoms with Crippen LogP contribution in [0.4, 0.5) is 0 Å². The Balaban J connectivity index is 1.54. The van der Waals surface area contributed by atoms with Crippen LogP contribution in [0.15, 0.2) is 53.3 Å². The van der Waals surface area contributed by atoms with Crippen molar-refractivity contribution in [1.29, 1.82) is 0 Å². The van der Waals surface area contributed by atoms with Crippen LogP contribution in [-0.4, -0.2) is 14.9 Å². The van der Waals surface area contributed by atoms with Crippen molar-refractivity contribution in [3.8, 4) is 21.8 Å². The molecular weight excluding hydrogens is 401 g/mol. The number of thiophene rings is 1. The number of rotatable bonds is 4. The van der Waals surface area contributed by atoms with Crippen molar-refractivity contribution >= 4 is 46.1 Å². The minimum atomic E-state index is 0.494. The molecule has 0 N–H and O–H groups in total. The molecule has 0 fully saturated rings. The van der Waals surface area contributed by atoms with Gasteiger partial charge in [-0.2, -0.15) is 5.10 Å². The molecule has 0 bridgehead atoms. The van der Waals surface area contributed by atoms with Gasteiger partial charge in [-0.1, -0.05) is 46.0 Å². The van der Waals surface area contributed by atoms with Gasteiger partial charge in [0.25, 0.3) is 0 Å². The van der Waals surface area contributed by atoms with Crippen LogP contribution in [0.25, 0.3) is 21.8 Å². The lowest BCUT2D eigenvalue weighted by Crippen LogP contribution is -1.99. The number of nitrogens with zero attached hydrogens (tertiary/aromatic N) is 3. The fourth-order valence-corrected chi connectivity index (χ4v) is 3.94. The van der Waals surface area contributed by atoms with Gasteiger partial charge in [-0.3, -0.25) is 4.68 Å². The average molecular weight is 411 g/mol. The molecule has 0 saturated carbocycles. The minimum absolute atomic E-state index is 0.494. The molecule has 0 amide bonds. The van der Waals surface area contributed by atoms with E-state index in [0.717, 1.165) is 21.7 Å². The summed E-state index contributed by atoms with van der Waals surface area (Å²) in [5.74, 6) is 0.694. The van der Waals surface area contributed by atoms with Crippen LogP contribution in [0.1, 0.15) is 5.69 Å². The fraction of sp³-hybridized carbons (Fsp3) is 0.0588. The van der Waals surface area contributed by atoms with Gasteiger partial charge in [0.15, 0.2) is 5.76 Å². The van der Waals surface area contributed by atoms with Crippen LogP contribution in [-0.2, 0) is 6.54 Å². The van der Waals surface area contributed by atoms with Crippen LogP contribution in [0.3, 0.4) is 0 Å². The third-order valence-electron chi connectivity index (χ3n) is 3.57. The summed E-state index contributed by atoms with van der Waals surface area (Å²) >= 11 is 19.6. The van der Waals surface area contributed by atoms with Gasteiger partial charge >= 0.3 is 0 Å². The summed E-state index contributed by atoms with van der Waals surface area (Å²) in [5, 5.41) is 9.64. The summed E-state index contributed by atoms with van der Waals surface area (Å²) in [6.07, 6.45) is 3.67. The number of halogens is 3. The molecule has 0 saturated heterocycles. The highest BCUT2D eigenvalue weighted by Gasteiger charge is 2.11. The van der Waals surface area contributed by atoms with E-state index in [1.165, 1.54) is 11.3 Å². The Hall–Kier alpha value is -1.79. The van der Waals surface area contributed by atoms with Gasteiger partial charge in [-0.05, 0) is 24.3 Å². The smallest absolute Gasteiger partial charge is 0.177 e. The van der Waals surface area contributed by atoms with Crippen molar-refractivity contribution in [2.45, 2.75) is 6.54 Å². The summed E-state index contributed by atoms with van der Waals surface area (Å²) < 4.78 is 7.88. The maximum absolute atomic E-state index is 6.25. The van der Waals surface area contributed by atoms with Crippen molar-refractivity contribution < 1.29 is 4.52 Å². The predicted molar refractivity (Wildman–Crippen MR) is 102 cm³/mol. The standard InChI is InChI=1S/C17H10Cl3N3OS/c18-11-1-2-13(14(19)5-11)10-7-21-23(8-10)9-12-6-15(24-22-12)16-3-4-17(20)25-16/h1-8H,9H2. The van der Waals surface area contributed by atoms with Crippen LogP contribution in [0.2, 0.25) is 14.4 Å². The largest absolute Gasteiger partial charge is 0.355 e. The maximum Gasteiger partial charge on any atom is 0.177 e. The maximum atomic E-state index is 6.25. The monoisotopic (exact) mass is 409 g/mol. The Bertz CT molecular complexity index is 1040. The molecule has 25 heavy (non-hydrogen) atoms.